The van der Waals surface area contributed by atoms with Crippen molar-refractivity contribution >= 4 is 11.8 Å². The summed E-state index contributed by atoms with van der Waals surface area (Å²) in [5.41, 5.74) is 0. The molecule has 1 heterocycles. The van der Waals surface area contributed by atoms with Crippen LogP contribution in [0.3, 0.4) is 0 Å². The van der Waals surface area contributed by atoms with Gasteiger partial charge in [0.25, 0.3) is 0 Å². The Hall–Kier alpha value is 0.230. The molecule has 0 saturated carbocycles. The van der Waals surface area contributed by atoms with Crippen LogP contribution in [0.4, 0.5) is 0 Å². The molecular formula is C8H17NO2S. The second kappa shape index (κ2) is 6.71. The monoisotopic (exact) mass is 191 g/mol. The molecule has 72 valence electrons. The van der Waals surface area contributed by atoms with E-state index in [1.165, 1.54) is 11.5 Å². The fraction of sp³-hybridized carbons (Fsp3) is 1.00. The SMILES string of the molecule is COCCOCCNC1CSC1. The van der Waals surface area contributed by atoms with Crippen LogP contribution >= 0.6 is 11.8 Å². The Morgan fingerprint density at radius 3 is 2.75 bits per heavy atom. The Morgan fingerprint density at radius 1 is 1.33 bits per heavy atom. The lowest BCUT2D eigenvalue weighted by Crippen LogP contribution is -2.41. The van der Waals surface area contributed by atoms with Crippen molar-refractivity contribution in [3.63, 3.8) is 0 Å². The smallest absolute Gasteiger partial charge is 0.0700 e. The van der Waals surface area contributed by atoms with E-state index in [0.29, 0.717) is 13.2 Å². The minimum atomic E-state index is 0.694. The first kappa shape index (κ1) is 10.3. The van der Waals surface area contributed by atoms with Crippen molar-refractivity contribution in [1.29, 1.82) is 0 Å². The zero-order chi connectivity index (χ0) is 8.65. The third-order valence-electron chi connectivity index (χ3n) is 1.75. The first-order chi connectivity index (χ1) is 5.93. The van der Waals surface area contributed by atoms with E-state index in [-0.39, 0.29) is 0 Å². The quantitative estimate of drug-likeness (QED) is 0.588. The van der Waals surface area contributed by atoms with Gasteiger partial charge in [-0.15, -0.1) is 0 Å². The Labute approximate surface area is 78.2 Å². The number of thioether (sulfide) groups is 1. The van der Waals surface area contributed by atoms with Crippen molar-refractivity contribution in [3.8, 4) is 0 Å². The molecule has 0 atom stereocenters. The van der Waals surface area contributed by atoms with Crippen molar-refractivity contribution in [1.82, 2.24) is 5.32 Å². The van der Waals surface area contributed by atoms with E-state index in [1.807, 2.05) is 11.8 Å². The predicted octanol–water partition coefficient (Wildman–Crippen LogP) is 0.354. The van der Waals surface area contributed by atoms with Crippen LogP contribution in [0.15, 0.2) is 0 Å². The molecule has 0 aromatic rings. The standard InChI is InChI=1S/C8H17NO2S/c1-10-4-5-11-3-2-9-8-6-12-7-8/h8-9H,2-7H2,1H3. The first-order valence-electron chi connectivity index (χ1n) is 4.31. The van der Waals surface area contributed by atoms with Gasteiger partial charge in [0.05, 0.1) is 19.8 Å². The van der Waals surface area contributed by atoms with Crippen molar-refractivity contribution < 1.29 is 9.47 Å². The molecule has 0 aromatic heterocycles. The highest BCUT2D eigenvalue weighted by molar-refractivity contribution is 8.00. The van der Waals surface area contributed by atoms with Gasteiger partial charge >= 0.3 is 0 Å². The first-order valence-corrected chi connectivity index (χ1v) is 5.47. The van der Waals surface area contributed by atoms with Crippen LogP contribution in [0.5, 0.6) is 0 Å². The summed E-state index contributed by atoms with van der Waals surface area (Å²) in [5.74, 6) is 2.52. The molecule has 1 N–H and O–H groups in total. The predicted molar refractivity (Wildman–Crippen MR) is 51.8 cm³/mol. The highest BCUT2D eigenvalue weighted by Gasteiger charge is 2.16. The highest BCUT2D eigenvalue weighted by Crippen LogP contribution is 2.16. The summed E-state index contributed by atoms with van der Waals surface area (Å²) in [4.78, 5) is 0. The maximum Gasteiger partial charge on any atom is 0.0700 e. The number of hydrogen-bond donors (Lipinski definition) is 1. The van der Waals surface area contributed by atoms with Crippen LogP contribution in [0.2, 0.25) is 0 Å². The Kier molecular flexibility index (Phi) is 5.77. The number of ether oxygens (including phenoxy) is 2. The summed E-state index contributed by atoms with van der Waals surface area (Å²) in [7, 11) is 1.69. The van der Waals surface area contributed by atoms with E-state index >= 15 is 0 Å². The third kappa shape index (κ3) is 4.30. The molecule has 0 spiro atoms. The summed E-state index contributed by atoms with van der Waals surface area (Å²) in [5, 5.41) is 3.41. The summed E-state index contributed by atoms with van der Waals surface area (Å²) >= 11 is 1.99. The molecule has 1 aliphatic heterocycles. The topological polar surface area (TPSA) is 30.5 Å². The third-order valence-corrected chi connectivity index (χ3v) is 3.03. The largest absolute Gasteiger partial charge is 0.382 e. The molecule has 4 heteroatoms. The lowest BCUT2D eigenvalue weighted by atomic mass is 10.4. The van der Waals surface area contributed by atoms with E-state index in [0.717, 1.165) is 19.2 Å². The van der Waals surface area contributed by atoms with Gasteiger partial charge in [-0.3, -0.25) is 0 Å². The molecule has 0 unspecified atom stereocenters. The zero-order valence-corrected chi connectivity index (χ0v) is 8.36. The van der Waals surface area contributed by atoms with Crippen molar-refractivity contribution in [3.05, 3.63) is 0 Å². The van der Waals surface area contributed by atoms with Gasteiger partial charge in [0.1, 0.15) is 0 Å². The number of rotatable bonds is 7. The molecule has 1 fully saturated rings. The zero-order valence-electron chi connectivity index (χ0n) is 7.54. The van der Waals surface area contributed by atoms with Gasteiger partial charge in [-0.25, -0.2) is 0 Å². The van der Waals surface area contributed by atoms with Crippen LogP contribution in [0, 0.1) is 0 Å². The van der Waals surface area contributed by atoms with Gasteiger partial charge in [-0.05, 0) is 0 Å². The van der Waals surface area contributed by atoms with Crippen LogP contribution in [-0.2, 0) is 9.47 Å². The lowest BCUT2D eigenvalue weighted by molar-refractivity contribution is 0.0714. The van der Waals surface area contributed by atoms with Crippen LogP contribution in [0.25, 0.3) is 0 Å². The van der Waals surface area contributed by atoms with Crippen molar-refractivity contribution in [2.45, 2.75) is 6.04 Å². The van der Waals surface area contributed by atoms with Crippen molar-refractivity contribution in [2.24, 2.45) is 0 Å². The van der Waals surface area contributed by atoms with Gasteiger partial charge in [-0.2, -0.15) is 11.8 Å². The molecule has 12 heavy (non-hydrogen) atoms. The van der Waals surface area contributed by atoms with Crippen molar-refractivity contribution in [2.75, 3.05) is 45.0 Å². The Bertz CT molecular complexity index is 109. The van der Waals surface area contributed by atoms with Crippen LogP contribution in [0.1, 0.15) is 0 Å². The summed E-state index contributed by atoms with van der Waals surface area (Å²) in [6.07, 6.45) is 0. The van der Waals surface area contributed by atoms with Gasteiger partial charge in [-0.1, -0.05) is 0 Å². The highest BCUT2D eigenvalue weighted by atomic mass is 32.2. The van der Waals surface area contributed by atoms with Gasteiger partial charge in [0, 0.05) is 31.2 Å². The van der Waals surface area contributed by atoms with Crippen LogP contribution in [-0.4, -0.2) is 51.0 Å². The minimum Gasteiger partial charge on any atom is -0.382 e. The fourth-order valence-electron chi connectivity index (χ4n) is 0.933. The molecule has 0 bridgehead atoms. The van der Waals surface area contributed by atoms with Gasteiger partial charge < -0.3 is 14.8 Å². The molecule has 1 aliphatic rings. The summed E-state index contributed by atoms with van der Waals surface area (Å²) < 4.78 is 10.2. The van der Waals surface area contributed by atoms with E-state index in [9.17, 15) is 0 Å². The molecule has 0 aliphatic carbocycles. The molecular weight excluding hydrogens is 174 g/mol. The number of nitrogens with one attached hydrogen (secondary N) is 1. The van der Waals surface area contributed by atoms with Gasteiger partial charge in [0.2, 0.25) is 0 Å². The summed E-state index contributed by atoms with van der Waals surface area (Å²) in [6, 6.07) is 0.737. The molecule has 0 aromatic carbocycles. The number of methoxy groups -OCH3 is 1. The maximum absolute atomic E-state index is 5.30. The normalized spacial score (nSPS) is 17.8. The summed E-state index contributed by atoms with van der Waals surface area (Å²) in [6.45, 7) is 3.16. The van der Waals surface area contributed by atoms with E-state index in [4.69, 9.17) is 9.47 Å². The molecule has 1 saturated heterocycles. The number of hydrogen-bond acceptors (Lipinski definition) is 4. The Balaban J connectivity index is 1.70. The van der Waals surface area contributed by atoms with E-state index in [1.54, 1.807) is 7.11 Å². The van der Waals surface area contributed by atoms with Gasteiger partial charge in [0.15, 0.2) is 0 Å². The van der Waals surface area contributed by atoms with Crippen LogP contribution < -0.4 is 5.32 Å². The fourth-order valence-corrected chi connectivity index (χ4v) is 1.64. The average molecular weight is 191 g/mol. The molecule has 0 radical (unpaired) electrons. The Morgan fingerprint density at radius 2 is 2.17 bits per heavy atom. The molecule has 1 rings (SSSR count). The average Bonchev–Trinajstić information content (AvgIpc) is 2.00. The molecule has 3 nitrogen and oxygen atoms in total. The molecule has 0 amide bonds. The lowest BCUT2D eigenvalue weighted by Gasteiger charge is -2.25. The second-order valence-corrected chi connectivity index (χ2v) is 3.87. The van der Waals surface area contributed by atoms with E-state index < -0.39 is 0 Å². The second-order valence-electron chi connectivity index (χ2n) is 2.79. The minimum absolute atomic E-state index is 0.694. The van der Waals surface area contributed by atoms with E-state index in [2.05, 4.69) is 5.32 Å². The maximum atomic E-state index is 5.30.